The molecule has 0 aromatic heterocycles. The molecule has 0 unspecified atom stereocenters. The average molecular weight is 356 g/mol. The van der Waals surface area contributed by atoms with Crippen molar-refractivity contribution in [3.8, 4) is 11.5 Å². The second-order valence-corrected chi connectivity index (χ2v) is 6.08. The van der Waals surface area contributed by atoms with Crippen molar-refractivity contribution in [2.24, 2.45) is 4.99 Å². The SMILES string of the molecule is O=C1NC(=Nc2ccc(C(=O)O)c(O)c2)S/C1=C\c1ccccc1O. The van der Waals surface area contributed by atoms with E-state index in [9.17, 15) is 19.8 Å². The number of para-hydroxylation sites is 1. The number of aromatic hydroxyl groups is 2. The van der Waals surface area contributed by atoms with E-state index >= 15 is 0 Å². The van der Waals surface area contributed by atoms with Crippen LogP contribution in [-0.2, 0) is 4.79 Å². The second kappa shape index (κ2) is 6.70. The molecular weight excluding hydrogens is 344 g/mol. The number of amides is 1. The smallest absolute Gasteiger partial charge is 0.339 e. The van der Waals surface area contributed by atoms with Crippen LogP contribution in [0.2, 0.25) is 0 Å². The summed E-state index contributed by atoms with van der Waals surface area (Å²) in [6.07, 6.45) is 1.54. The lowest BCUT2D eigenvalue weighted by Gasteiger charge is -2.01. The highest BCUT2D eigenvalue weighted by Crippen LogP contribution is 2.31. The lowest BCUT2D eigenvalue weighted by molar-refractivity contribution is -0.115. The number of carboxylic acid groups (broad SMARTS) is 1. The molecule has 126 valence electrons. The number of carbonyl (C=O) groups is 2. The number of rotatable bonds is 3. The maximum atomic E-state index is 12.0. The summed E-state index contributed by atoms with van der Waals surface area (Å²) in [4.78, 5) is 27.4. The maximum Gasteiger partial charge on any atom is 0.339 e. The number of carboxylic acids is 1. The van der Waals surface area contributed by atoms with Crippen LogP contribution in [0.5, 0.6) is 11.5 Å². The van der Waals surface area contributed by atoms with Crippen molar-refractivity contribution in [2.75, 3.05) is 0 Å². The van der Waals surface area contributed by atoms with Crippen LogP contribution >= 0.6 is 11.8 Å². The van der Waals surface area contributed by atoms with Crippen molar-refractivity contribution in [3.63, 3.8) is 0 Å². The zero-order valence-electron chi connectivity index (χ0n) is 12.6. The molecule has 0 bridgehead atoms. The Kier molecular flexibility index (Phi) is 4.44. The minimum absolute atomic E-state index is 0.0583. The van der Waals surface area contributed by atoms with Gasteiger partial charge in [-0.1, -0.05) is 18.2 Å². The molecule has 1 fully saturated rings. The van der Waals surface area contributed by atoms with Crippen LogP contribution in [0.15, 0.2) is 52.4 Å². The molecule has 2 aromatic rings. The molecule has 4 N–H and O–H groups in total. The number of benzene rings is 2. The van der Waals surface area contributed by atoms with E-state index in [2.05, 4.69) is 10.3 Å². The highest BCUT2D eigenvalue weighted by molar-refractivity contribution is 8.18. The third-order valence-corrected chi connectivity index (χ3v) is 4.23. The normalized spacial score (nSPS) is 17.0. The quantitative estimate of drug-likeness (QED) is 0.628. The van der Waals surface area contributed by atoms with E-state index < -0.39 is 11.7 Å². The number of nitrogens with zero attached hydrogens (tertiary/aromatic N) is 1. The van der Waals surface area contributed by atoms with Crippen molar-refractivity contribution in [1.29, 1.82) is 0 Å². The number of phenols is 2. The van der Waals surface area contributed by atoms with Crippen molar-refractivity contribution < 1.29 is 24.9 Å². The average Bonchev–Trinajstić information content (AvgIpc) is 2.89. The number of carbonyl (C=O) groups excluding carboxylic acids is 1. The number of hydrogen-bond acceptors (Lipinski definition) is 6. The van der Waals surface area contributed by atoms with Gasteiger partial charge in [-0.15, -0.1) is 0 Å². The minimum Gasteiger partial charge on any atom is -0.507 e. The van der Waals surface area contributed by atoms with E-state index in [4.69, 9.17) is 5.11 Å². The van der Waals surface area contributed by atoms with Gasteiger partial charge in [-0.2, -0.15) is 0 Å². The first-order chi connectivity index (χ1) is 11.9. The summed E-state index contributed by atoms with van der Waals surface area (Å²) in [5.74, 6) is -1.96. The van der Waals surface area contributed by atoms with Gasteiger partial charge in [-0.3, -0.25) is 4.79 Å². The zero-order valence-corrected chi connectivity index (χ0v) is 13.4. The molecule has 0 spiro atoms. The summed E-state index contributed by atoms with van der Waals surface area (Å²) < 4.78 is 0. The Morgan fingerprint density at radius 2 is 1.88 bits per heavy atom. The van der Waals surface area contributed by atoms with Crippen LogP contribution in [0.4, 0.5) is 5.69 Å². The van der Waals surface area contributed by atoms with Crippen LogP contribution in [0.3, 0.4) is 0 Å². The van der Waals surface area contributed by atoms with Crippen LogP contribution in [-0.4, -0.2) is 32.4 Å². The summed E-state index contributed by atoms with van der Waals surface area (Å²) >= 11 is 1.07. The molecule has 1 aliphatic heterocycles. The van der Waals surface area contributed by atoms with Crippen molar-refractivity contribution in [3.05, 3.63) is 58.5 Å². The Labute approximate surface area is 146 Å². The third-order valence-electron chi connectivity index (χ3n) is 3.32. The molecule has 0 radical (unpaired) electrons. The number of thioether (sulfide) groups is 1. The topological polar surface area (TPSA) is 119 Å². The first-order valence-corrected chi connectivity index (χ1v) is 7.89. The van der Waals surface area contributed by atoms with E-state index in [0.717, 1.165) is 11.8 Å². The number of phenolic OH excluding ortho intramolecular Hbond substituents is 1. The Bertz CT molecular complexity index is 936. The number of hydrogen-bond donors (Lipinski definition) is 4. The highest BCUT2D eigenvalue weighted by atomic mass is 32.2. The molecule has 1 heterocycles. The van der Waals surface area contributed by atoms with Crippen LogP contribution in [0, 0.1) is 0 Å². The number of aliphatic imine (C=N–C) groups is 1. The van der Waals surface area contributed by atoms with Crippen LogP contribution < -0.4 is 5.32 Å². The molecule has 0 aliphatic carbocycles. The molecule has 1 aliphatic rings. The molecule has 1 saturated heterocycles. The number of nitrogens with one attached hydrogen (secondary N) is 1. The Morgan fingerprint density at radius 3 is 2.56 bits per heavy atom. The van der Waals surface area contributed by atoms with Gasteiger partial charge in [0.05, 0.1) is 10.6 Å². The minimum atomic E-state index is -1.24. The van der Waals surface area contributed by atoms with Crippen LogP contribution in [0.1, 0.15) is 15.9 Å². The van der Waals surface area contributed by atoms with Gasteiger partial charge >= 0.3 is 5.97 Å². The summed E-state index contributed by atoms with van der Waals surface area (Å²) in [6.45, 7) is 0. The lowest BCUT2D eigenvalue weighted by atomic mass is 10.2. The summed E-state index contributed by atoms with van der Waals surface area (Å²) in [6, 6.07) is 10.5. The lowest BCUT2D eigenvalue weighted by Crippen LogP contribution is -2.19. The van der Waals surface area contributed by atoms with E-state index in [-0.39, 0.29) is 22.4 Å². The summed E-state index contributed by atoms with van der Waals surface area (Å²) in [5, 5.41) is 31.2. The van der Waals surface area contributed by atoms with E-state index in [0.29, 0.717) is 16.2 Å². The van der Waals surface area contributed by atoms with Gasteiger partial charge in [-0.05, 0) is 36.0 Å². The van der Waals surface area contributed by atoms with E-state index in [1.165, 1.54) is 24.3 Å². The fourth-order valence-electron chi connectivity index (χ4n) is 2.12. The highest BCUT2D eigenvalue weighted by Gasteiger charge is 2.24. The van der Waals surface area contributed by atoms with Crippen molar-refractivity contribution in [1.82, 2.24) is 5.32 Å². The fourth-order valence-corrected chi connectivity index (χ4v) is 2.95. The Hall–Kier alpha value is -3.26. The van der Waals surface area contributed by atoms with Gasteiger partial charge in [0.15, 0.2) is 5.17 Å². The molecule has 7 nitrogen and oxygen atoms in total. The molecule has 2 aromatic carbocycles. The predicted molar refractivity (Wildman–Crippen MR) is 94.0 cm³/mol. The van der Waals surface area contributed by atoms with Crippen LogP contribution in [0.25, 0.3) is 6.08 Å². The van der Waals surface area contributed by atoms with Gasteiger partial charge in [0.2, 0.25) is 0 Å². The van der Waals surface area contributed by atoms with Gasteiger partial charge in [0.25, 0.3) is 5.91 Å². The predicted octanol–water partition coefficient (Wildman–Crippen LogP) is 2.69. The Balaban J connectivity index is 1.85. The maximum absolute atomic E-state index is 12.0. The standard InChI is InChI=1S/C17H12N2O5S/c20-12-4-2-1-3-9(12)7-14-15(22)19-17(25-14)18-10-5-6-11(16(23)24)13(21)8-10/h1-8,20-21H,(H,23,24)(H,18,19,22)/b14-7-. The van der Waals surface area contributed by atoms with Gasteiger partial charge in [-0.25, -0.2) is 9.79 Å². The van der Waals surface area contributed by atoms with Crippen molar-refractivity contribution in [2.45, 2.75) is 0 Å². The second-order valence-electron chi connectivity index (χ2n) is 5.05. The van der Waals surface area contributed by atoms with Gasteiger partial charge in [0, 0.05) is 11.6 Å². The third kappa shape index (κ3) is 3.64. The monoisotopic (exact) mass is 356 g/mol. The van der Waals surface area contributed by atoms with Crippen molar-refractivity contribution >= 4 is 40.6 Å². The summed E-state index contributed by atoms with van der Waals surface area (Å²) in [7, 11) is 0. The van der Waals surface area contributed by atoms with E-state index in [1.807, 2.05) is 0 Å². The Morgan fingerprint density at radius 1 is 1.12 bits per heavy atom. The first-order valence-electron chi connectivity index (χ1n) is 7.08. The molecule has 8 heteroatoms. The largest absolute Gasteiger partial charge is 0.507 e. The van der Waals surface area contributed by atoms with Gasteiger partial charge in [0.1, 0.15) is 17.1 Å². The molecule has 0 saturated carbocycles. The zero-order chi connectivity index (χ0) is 18.0. The summed E-state index contributed by atoms with van der Waals surface area (Å²) in [5.41, 5.74) is 0.575. The molecule has 0 atom stereocenters. The first kappa shape index (κ1) is 16.6. The van der Waals surface area contributed by atoms with E-state index in [1.54, 1.807) is 24.3 Å². The van der Waals surface area contributed by atoms with Gasteiger partial charge < -0.3 is 20.6 Å². The molecule has 3 rings (SSSR count). The number of aromatic carboxylic acids is 1. The molecule has 1 amide bonds. The molecule has 25 heavy (non-hydrogen) atoms. The fraction of sp³-hybridized carbons (Fsp3) is 0. The molecular formula is C17H12N2O5S. The number of amidine groups is 1.